The average Bonchev–Trinajstić information content (AvgIpc) is 3.12. The Labute approximate surface area is 178 Å². The van der Waals surface area contributed by atoms with E-state index in [1.807, 2.05) is 13.8 Å². The van der Waals surface area contributed by atoms with Gasteiger partial charge in [0.05, 0.1) is 24.9 Å². The predicted octanol–water partition coefficient (Wildman–Crippen LogP) is 2.21. The molecule has 1 aliphatic rings. The molecule has 2 heterocycles. The summed E-state index contributed by atoms with van der Waals surface area (Å²) >= 11 is 1.37. The largest absolute Gasteiger partial charge is 0.462 e. The topological polar surface area (TPSA) is 88.1 Å². The molecule has 2 N–H and O–H groups in total. The fraction of sp³-hybridized carbons (Fsp3) is 0.750. The lowest BCUT2D eigenvalue weighted by molar-refractivity contribution is 0.0531. The molecule has 164 valence electrons. The summed E-state index contributed by atoms with van der Waals surface area (Å²) in [6.07, 6.45) is 2.36. The van der Waals surface area contributed by atoms with Gasteiger partial charge in [-0.25, -0.2) is 9.78 Å². The van der Waals surface area contributed by atoms with E-state index in [0.29, 0.717) is 23.1 Å². The van der Waals surface area contributed by atoms with Gasteiger partial charge in [-0.2, -0.15) is 0 Å². The molecule has 1 aliphatic heterocycles. The maximum Gasteiger partial charge on any atom is 0.350 e. The number of nitrogens with zero attached hydrogens (tertiary/aromatic N) is 3. The molecule has 0 bridgehead atoms. The predicted molar refractivity (Wildman–Crippen MR) is 117 cm³/mol. The molecular formula is C20H35N5O3S. The molecule has 0 spiro atoms. The van der Waals surface area contributed by atoms with Gasteiger partial charge in [-0.3, -0.25) is 4.99 Å². The SMILES string of the molecule is CCOC(=O)c1sc(C(C)NC(=NC)NCC2CCN(CCOC)CC2)nc1C. The van der Waals surface area contributed by atoms with Gasteiger partial charge < -0.3 is 25.0 Å². The van der Waals surface area contributed by atoms with Gasteiger partial charge in [0.1, 0.15) is 9.88 Å². The minimum atomic E-state index is -0.305. The first-order valence-corrected chi connectivity index (χ1v) is 11.1. The van der Waals surface area contributed by atoms with Gasteiger partial charge in [-0.05, 0) is 52.6 Å². The Kier molecular flexibility index (Phi) is 9.83. The van der Waals surface area contributed by atoms with Crippen LogP contribution >= 0.6 is 11.3 Å². The van der Waals surface area contributed by atoms with Crippen LogP contribution in [0.3, 0.4) is 0 Å². The number of carbonyl (C=O) groups is 1. The molecule has 0 radical (unpaired) electrons. The molecule has 1 fully saturated rings. The van der Waals surface area contributed by atoms with Gasteiger partial charge in [0.25, 0.3) is 0 Å². The number of esters is 1. The number of hydrogen-bond donors (Lipinski definition) is 2. The van der Waals surface area contributed by atoms with E-state index in [4.69, 9.17) is 9.47 Å². The summed E-state index contributed by atoms with van der Waals surface area (Å²) in [7, 11) is 3.52. The zero-order valence-electron chi connectivity index (χ0n) is 18.3. The van der Waals surface area contributed by atoms with E-state index in [2.05, 4.69) is 25.5 Å². The molecule has 0 aliphatic carbocycles. The number of aryl methyl sites for hydroxylation is 1. The van der Waals surface area contributed by atoms with Crippen LogP contribution in [0.5, 0.6) is 0 Å². The summed E-state index contributed by atoms with van der Waals surface area (Å²) in [5.41, 5.74) is 0.709. The van der Waals surface area contributed by atoms with Gasteiger partial charge in [0, 0.05) is 27.2 Å². The molecule has 8 nitrogen and oxygen atoms in total. The van der Waals surface area contributed by atoms with Crippen molar-refractivity contribution in [2.75, 3.05) is 53.6 Å². The number of hydrogen-bond acceptors (Lipinski definition) is 7. The number of piperidine rings is 1. The van der Waals surface area contributed by atoms with Crippen LogP contribution in [-0.4, -0.2) is 75.4 Å². The lowest BCUT2D eigenvalue weighted by Gasteiger charge is -2.32. The molecule has 1 unspecified atom stereocenters. The number of rotatable bonds is 9. The van der Waals surface area contributed by atoms with Crippen LogP contribution in [0.1, 0.15) is 53.1 Å². The second-order valence-electron chi connectivity index (χ2n) is 7.28. The van der Waals surface area contributed by atoms with Crippen LogP contribution in [0.15, 0.2) is 4.99 Å². The molecule has 0 amide bonds. The summed E-state index contributed by atoms with van der Waals surface area (Å²) in [6, 6.07) is -0.0519. The van der Waals surface area contributed by atoms with E-state index in [9.17, 15) is 4.79 Å². The van der Waals surface area contributed by atoms with E-state index in [1.54, 1.807) is 21.1 Å². The lowest BCUT2D eigenvalue weighted by atomic mass is 9.97. The Bertz CT molecular complexity index is 671. The normalized spacial score (nSPS) is 17.2. The summed E-state index contributed by atoms with van der Waals surface area (Å²) < 4.78 is 10.3. The standard InChI is InChI=1S/C20H35N5O3S/c1-6-28-19(26)17-14(2)23-18(29-17)15(3)24-20(21-4)22-13-16-7-9-25(10-8-16)11-12-27-5/h15-16H,6-13H2,1-5H3,(H2,21,22,24). The second-order valence-corrected chi connectivity index (χ2v) is 8.31. The van der Waals surface area contributed by atoms with Gasteiger partial charge in [0.2, 0.25) is 0 Å². The number of likely N-dealkylation sites (tertiary alicyclic amines) is 1. The van der Waals surface area contributed by atoms with E-state index in [-0.39, 0.29) is 12.0 Å². The third-order valence-corrected chi connectivity index (χ3v) is 6.42. The second kappa shape index (κ2) is 12.1. The van der Waals surface area contributed by atoms with Crippen molar-refractivity contribution in [3.8, 4) is 0 Å². The van der Waals surface area contributed by atoms with Gasteiger partial charge in [-0.1, -0.05) is 0 Å². The van der Waals surface area contributed by atoms with Crippen molar-refractivity contribution >= 4 is 23.3 Å². The van der Waals surface area contributed by atoms with Crippen LogP contribution in [0, 0.1) is 12.8 Å². The van der Waals surface area contributed by atoms with E-state index in [0.717, 1.165) is 43.8 Å². The fourth-order valence-corrected chi connectivity index (χ4v) is 4.29. The highest BCUT2D eigenvalue weighted by molar-refractivity contribution is 7.13. The molecule has 1 aromatic heterocycles. The molecule has 1 atom stereocenters. The van der Waals surface area contributed by atoms with Crippen LogP contribution in [0.25, 0.3) is 0 Å². The van der Waals surface area contributed by atoms with E-state index < -0.39 is 0 Å². The first kappa shape index (κ1) is 23.6. The van der Waals surface area contributed by atoms with Crippen molar-refractivity contribution in [2.24, 2.45) is 10.9 Å². The quantitative estimate of drug-likeness (QED) is 0.356. The van der Waals surface area contributed by atoms with E-state index in [1.165, 1.54) is 24.2 Å². The molecule has 1 aromatic rings. The number of thiazole rings is 1. The Morgan fingerprint density at radius 2 is 2.14 bits per heavy atom. The van der Waals surface area contributed by atoms with Crippen LogP contribution in [0.4, 0.5) is 0 Å². The number of aromatic nitrogens is 1. The fourth-order valence-electron chi connectivity index (χ4n) is 3.33. The maximum atomic E-state index is 12.0. The molecule has 9 heteroatoms. The summed E-state index contributed by atoms with van der Waals surface area (Å²) in [4.78, 5) is 23.9. The molecule has 0 saturated carbocycles. The number of aliphatic imine (C=N–C) groups is 1. The maximum absolute atomic E-state index is 12.0. The van der Waals surface area contributed by atoms with Crippen LogP contribution in [0.2, 0.25) is 0 Å². The zero-order valence-corrected chi connectivity index (χ0v) is 19.1. The van der Waals surface area contributed by atoms with Crippen molar-refractivity contribution < 1.29 is 14.3 Å². The highest BCUT2D eigenvalue weighted by Gasteiger charge is 2.21. The van der Waals surface area contributed by atoms with Gasteiger partial charge in [0.15, 0.2) is 5.96 Å². The zero-order chi connectivity index (χ0) is 21.2. The minimum absolute atomic E-state index is 0.0519. The first-order valence-electron chi connectivity index (χ1n) is 10.3. The van der Waals surface area contributed by atoms with Gasteiger partial charge in [-0.15, -0.1) is 11.3 Å². The summed E-state index contributed by atoms with van der Waals surface area (Å²) in [5, 5.41) is 7.67. The molecule has 1 saturated heterocycles. The minimum Gasteiger partial charge on any atom is -0.462 e. The number of carbonyl (C=O) groups excluding carboxylic acids is 1. The molecule has 29 heavy (non-hydrogen) atoms. The van der Waals surface area contributed by atoms with Crippen LogP contribution < -0.4 is 10.6 Å². The van der Waals surface area contributed by atoms with Crippen molar-refractivity contribution in [3.63, 3.8) is 0 Å². The van der Waals surface area contributed by atoms with Crippen molar-refractivity contribution in [1.29, 1.82) is 0 Å². The third-order valence-electron chi connectivity index (χ3n) is 5.10. The Morgan fingerprint density at radius 1 is 1.41 bits per heavy atom. The monoisotopic (exact) mass is 425 g/mol. The molecular weight excluding hydrogens is 390 g/mol. The Morgan fingerprint density at radius 3 is 2.76 bits per heavy atom. The first-order chi connectivity index (χ1) is 14.0. The lowest BCUT2D eigenvalue weighted by Crippen LogP contribution is -2.43. The Hall–Kier alpha value is -1.71. The van der Waals surface area contributed by atoms with Crippen molar-refractivity contribution in [2.45, 2.75) is 39.7 Å². The number of guanidine groups is 1. The molecule has 0 aromatic carbocycles. The van der Waals surface area contributed by atoms with Gasteiger partial charge >= 0.3 is 5.97 Å². The van der Waals surface area contributed by atoms with Crippen molar-refractivity contribution in [1.82, 2.24) is 20.5 Å². The number of methoxy groups -OCH3 is 1. The highest BCUT2D eigenvalue weighted by Crippen LogP contribution is 2.24. The highest BCUT2D eigenvalue weighted by atomic mass is 32.1. The third kappa shape index (κ3) is 7.24. The number of ether oxygens (including phenoxy) is 2. The van der Waals surface area contributed by atoms with E-state index >= 15 is 0 Å². The summed E-state index contributed by atoms with van der Waals surface area (Å²) in [6.45, 7) is 11.0. The summed E-state index contributed by atoms with van der Waals surface area (Å²) in [5.74, 6) is 1.09. The van der Waals surface area contributed by atoms with Crippen LogP contribution in [-0.2, 0) is 9.47 Å². The van der Waals surface area contributed by atoms with Crippen molar-refractivity contribution in [3.05, 3.63) is 15.6 Å². The Balaban J connectivity index is 1.81. The number of nitrogens with one attached hydrogen (secondary N) is 2. The molecule has 2 rings (SSSR count). The average molecular weight is 426 g/mol. The smallest absolute Gasteiger partial charge is 0.350 e.